The lowest BCUT2D eigenvalue weighted by molar-refractivity contribution is -0.120. The number of benzene rings is 1. The van der Waals surface area contributed by atoms with Gasteiger partial charge in [-0.25, -0.2) is 9.89 Å². The molecule has 0 bridgehead atoms. The van der Waals surface area contributed by atoms with Crippen molar-refractivity contribution in [1.29, 1.82) is 0 Å². The Bertz CT molecular complexity index is 911. The van der Waals surface area contributed by atoms with E-state index in [0.29, 0.717) is 5.69 Å². The largest absolute Gasteiger partial charge is 0.444 e. The lowest BCUT2D eigenvalue weighted by atomic mass is 10.2. The van der Waals surface area contributed by atoms with Crippen LogP contribution < -0.4 is 21.5 Å². The van der Waals surface area contributed by atoms with E-state index in [1.165, 1.54) is 12.1 Å². The van der Waals surface area contributed by atoms with Crippen molar-refractivity contribution in [2.24, 2.45) is 0 Å². The van der Waals surface area contributed by atoms with Crippen LogP contribution in [0.15, 0.2) is 41.2 Å². The van der Waals surface area contributed by atoms with Gasteiger partial charge in [0, 0.05) is 18.3 Å². The second kappa shape index (κ2) is 9.49. The van der Waals surface area contributed by atoms with Gasteiger partial charge in [0.25, 0.3) is 11.5 Å². The smallest absolute Gasteiger partial charge is 0.408 e. The number of H-pyrrole nitrogens is 1. The van der Waals surface area contributed by atoms with Gasteiger partial charge in [-0.15, -0.1) is 0 Å². The summed E-state index contributed by atoms with van der Waals surface area (Å²) in [5, 5.41) is 13.5. The van der Waals surface area contributed by atoms with E-state index >= 15 is 0 Å². The minimum atomic E-state index is -0.662. The van der Waals surface area contributed by atoms with Crippen molar-refractivity contribution >= 4 is 23.6 Å². The Morgan fingerprint density at radius 1 is 1.03 bits per heavy atom. The van der Waals surface area contributed by atoms with Crippen LogP contribution in [0.3, 0.4) is 0 Å². The Kier molecular flexibility index (Phi) is 7.07. The maximum Gasteiger partial charge on any atom is 0.408 e. The Hall–Kier alpha value is -3.69. The number of nitrogens with one attached hydrogen (secondary N) is 4. The molecule has 29 heavy (non-hydrogen) atoms. The van der Waals surface area contributed by atoms with Crippen LogP contribution >= 0.6 is 0 Å². The number of alkyl carbamates (subject to hydrolysis) is 1. The molecule has 0 aliphatic carbocycles. The molecule has 0 spiro atoms. The Balaban J connectivity index is 1.78. The van der Waals surface area contributed by atoms with Crippen LogP contribution in [0.1, 0.15) is 36.8 Å². The Morgan fingerprint density at radius 2 is 1.72 bits per heavy atom. The molecule has 0 atom stereocenters. The van der Waals surface area contributed by atoms with Crippen LogP contribution in [0.25, 0.3) is 0 Å². The molecule has 10 nitrogen and oxygen atoms in total. The van der Waals surface area contributed by atoms with E-state index in [1.54, 1.807) is 45.0 Å². The number of carbonyl (C=O) groups excluding carboxylic acids is 3. The number of rotatable bonds is 6. The Labute approximate surface area is 167 Å². The monoisotopic (exact) mass is 401 g/mol. The molecular weight excluding hydrogens is 378 g/mol. The fourth-order valence-electron chi connectivity index (χ4n) is 2.10. The zero-order chi connectivity index (χ0) is 21.4. The van der Waals surface area contributed by atoms with Gasteiger partial charge in [0.15, 0.2) is 0 Å². The average molecular weight is 401 g/mol. The summed E-state index contributed by atoms with van der Waals surface area (Å²) in [5.74, 6) is -0.826. The minimum absolute atomic E-state index is 0.0819. The van der Waals surface area contributed by atoms with E-state index in [0.717, 1.165) is 5.56 Å². The number of aromatic amines is 1. The summed E-state index contributed by atoms with van der Waals surface area (Å²) in [4.78, 5) is 46.3. The maximum absolute atomic E-state index is 12.0. The summed E-state index contributed by atoms with van der Waals surface area (Å²) in [6.45, 7) is 5.25. The van der Waals surface area contributed by atoms with Crippen molar-refractivity contribution in [2.45, 2.75) is 32.9 Å². The molecule has 1 heterocycles. The van der Waals surface area contributed by atoms with Crippen molar-refractivity contribution in [2.75, 3.05) is 11.9 Å². The van der Waals surface area contributed by atoms with Crippen LogP contribution in [0, 0.1) is 0 Å². The molecule has 0 aliphatic rings. The normalized spacial score (nSPS) is 10.7. The van der Waals surface area contributed by atoms with Crippen molar-refractivity contribution < 1.29 is 19.1 Å². The molecule has 2 aromatic rings. The number of carbonyl (C=O) groups is 3. The van der Waals surface area contributed by atoms with Gasteiger partial charge in [-0.1, -0.05) is 12.1 Å². The number of nitrogens with zero attached hydrogens (tertiary/aromatic N) is 1. The van der Waals surface area contributed by atoms with Crippen LogP contribution in [-0.2, 0) is 16.1 Å². The summed E-state index contributed by atoms with van der Waals surface area (Å²) < 4.78 is 5.05. The van der Waals surface area contributed by atoms with Gasteiger partial charge in [-0.3, -0.25) is 14.4 Å². The van der Waals surface area contributed by atoms with Gasteiger partial charge in [-0.2, -0.15) is 5.10 Å². The first-order valence-corrected chi connectivity index (χ1v) is 8.82. The second-order valence-electron chi connectivity index (χ2n) is 7.09. The number of hydrogen-bond donors (Lipinski definition) is 4. The topological polar surface area (TPSA) is 142 Å². The van der Waals surface area contributed by atoms with Crippen LogP contribution in [0.4, 0.5) is 10.5 Å². The van der Waals surface area contributed by atoms with E-state index in [1.807, 2.05) is 0 Å². The number of anilines is 1. The highest BCUT2D eigenvalue weighted by Crippen LogP contribution is 2.10. The lowest BCUT2D eigenvalue weighted by Gasteiger charge is -2.19. The molecule has 0 fully saturated rings. The third kappa shape index (κ3) is 7.83. The summed E-state index contributed by atoms with van der Waals surface area (Å²) in [5.41, 5.74) is 0.388. The summed E-state index contributed by atoms with van der Waals surface area (Å²) in [7, 11) is 0. The predicted molar refractivity (Wildman–Crippen MR) is 105 cm³/mol. The van der Waals surface area contributed by atoms with Gasteiger partial charge >= 0.3 is 6.09 Å². The minimum Gasteiger partial charge on any atom is -0.444 e. The van der Waals surface area contributed by atoms with Gasteiger partial charge in [-0.05, 0) is 44.5 Å². The van der Waals surface area contributed by atoms with Gasteiger partial charge in [0.2, 0.25) is 5.91 Å². The number of aromatic nitrogens is 2. The highest BCUT2D eigenvalue weighted by atomic mass is 16.6. The lowest BCUT2D eigenvalue weighted by Crippen LogP contribution is -2.39. The first-order valence-electron chi connectivity index (χ1n) is 8.82. The molecule has 1 aromatic carbocycles. The summed E-state index contributed by atoms with van der Waals surface area (Å²) in [6.07, 6.45) is -0.662. The quantitative estimate of drug-likeness (QED) is 0.572. The fourth-order valence-corrected chi connectivity index (χ4v) is 2.10. The third-order valence-corrected chi connectivity index (χ3v) is 3.41. The van der Waals surface area contributed by atoms with Gasteiger partial charge < -0.3 is 20.7 Å². The fraction of sp³-hybridized carbons (Fsp3) is 0.316. The highest BCUT2D eigenvalue weighted by molar-refractivity contribution is 6.02. The SMILES string of the molecule is CC(C)(C)OC(=O)NCC(=O)NCc1ccc(NC(=O)c2ccc(=O)[nH]n2)cc1. The molecule has 0 saturated carbocycles. The van der Waals surface area contributed by atoms with E-state index in [-0.39, 0.29) is 24.7 Å². The molecule has 0 aliphatic heterocycles. The second-order valence-corrected chi connectivity index (χ2v) is 7.09. The van der Waals surface area contributed by atoms with Crippen molar-refractivity contribution in [1.82, 2.24) is 20.8 Å². The molecule has 0 radical (unpaired) electrons. The van der Waals surface area contributed by atoms with Gasteiger partial charge in [0.05, 0.1) is 0 Å². The maximum atomic E-state index is 12.0. The third-order valence-electron chi connectivity index (χ3n) is 3.41. The first kappa shape index (κ1) is 21.6. The Morgan fingerprint density at radius 3 is 2.31 bits per heavy atom. The van der Waals surface area contributed by atoms with Crippen LogP contribution in [-0.4, -0.2) is 40.3 Å². The number of hydrogen-bond acceptors (Lipinski definition) is 6. The number of amides is 3. The molecular formula is C19H23N5O5. The van der Waals surface area contributed by atoms with Crippen LogP contribution in [0.2, 0.25) is 0 Å². The molecule has 4 N–H and O–H groups in total. The van der Waals surface area contributed by atoms with Crippen molar-refractivity contribution in [3.63, 3.8) is 0 Å². The van der Waals surface area contributed by atoms with Crippen LogP contribution in [0.5, 0.6) is 0 Å². The summed E-state index contributed by atoms with van der Waals surface area (Å²) >= 11 is 0. The molecule has 3 amide bonds. The van der Waals surface area contributed by atoms with Gasteiger partial charge in [0.1, 0.15) is 17.8 Å². The molecule has 10 heteroatoms. The van der Waals surface area contributed by atoms with E-state index in [9.17, 15) is 19.2 Å². The zero-order valence-corrected chi connectivity index (χ0v) is 16.4. The highest BCUT2D eigenvalue weighted by Gasteiger charge is 2.16. The molecule has 0 unspecified atom stereocenters. The average Bonchev–Trinajstić information content (AvgIpc) is 2.65. The van der Waals surface area contributed by atoms with E-state index < -0.39 is 23.2 Å². The summed E-state index contributed by atoms with van der Waals surface area (Å²) in [6, 6.07) is 9.34. The predicted octanol–water partition coefficient (Wildman–Crippen LogP) is 1.16. The van der Waals surface area contributed by atoms with Crippen molar-refractivity contribution in [3.05, 3.63) is 58.0 Å². The van der Waals surface area contributed by atoms with E-state index in [4.69, 9.17) is 4.74 Å². The van der Waals surface area contributed by atoms with E-state index in [2.05, 4.69) is 26.1 Å². The molecule has 154 valence electrons. The molecule has 0 saturated heterocycles. The molecule has 1 aromatic heterocycles. The van der Waals surface area contributed by atoms with Crippen molar-refractivity contribution in [3.8, 4) is 0 Å². The molecule has 2 rings (SSSR count). The standard InChI is InChI=1S/C19H23N5O5/c1-19(2,3)29-18(28)21-11-16(26)20-10-12-4-6-13(7-5-12)22-17(27)14-8-9-15(25)24-23-14/h4-9H,10-11H2,1-3H3,(H,20,26)(H,21,28)(H,22,27)(H,24,25). The zero-order valence-electron chi connectivity index (χ0n) is 16.4. The first-order chi connectivity index (χ1) is 13.6. The number of ether oxygens (including phenoxy) is 1.